The molecule has 3 rings (SSSR count). The van der Waals surface area contributed by atoms with Crippen molar-refractivity contribution in [2.75, 3.05) is 0 Å². The van der Waals surface area contributed by atoms with Gasteiger partial charge in [0, 0.05) is 0 Å². The number of fused-ring (bicyclic) bond motifs is 1. The minimum absolute atomic E-state index is 0.292. The maximum atomic E-state index is 12.2. The molecule has 1 saturated heterocycles. The second kappa shape index (κ2) is 6.59. The average molecular weight is 288 g/mol. The van der Waals surface area contributed by atoms with Crippen molar-refractivity contribution < 1.29 is 14.3 Å². The summed E-state index contributed by atoms with van der Waals surface area (Å²) in [5, 5.41) is 0. The summed E-state index contributed by atoms with van der Waals surface area (Å²) < 4.78 is 4.93. The van der Waals surface area contributed by atoms with E-state index in [1.54, 1.807) is 0 Å². The first-order valence-corrected chi connectivity index (χ1v) is 8.46. The van der Waals surface area contributed by atoms with Crippen LogP contribution in [0.5, 0.6) is 0 Å². The van der Waals surface area contributed by atoms with Crippen molar-refractivity contribution >= 4 is 11.9 Å². The molecule has 0 saturated carbocycles. The lowest BCUT2D eigenvalue weighted by atomic mass is 9.81. The molecule has 1 heterocycles. The third-order valence-electron chi connectivity index (χ3n) is 4.97. The van der Waals surface area contributed by atoms with Gasteiger partial charge >= 0.3 is 11.9 Å². The van der Waals surface area contributed by atoms with Crippen LogP contribution in [0.3, 0.4) is 0 Å². The van der Waals surface area contributed by atoms with Crippen molar-refractivity contribution in [3.63, 3.8) is 0 Å². The Morgan fingerprint density at radius 2 is 1.67 bits per heavy atom. The van der Waals surface area contributed by atoms with Gasteiger partial charge in [0.15, 0.2) is 0 Å². The molecular formula is C18H24O3. The molecule has 3 aliphatic rings. The standard InChI is InChI=1S/C18H24O3/c19-17-15-12-8-4-7-11-14(16(15)18(20)21-17)13-9-5-2-1-3-6-10-13/h9,15H,1-8,10-12H2. The molecule has 0 N–H and O–H groups in total. The highest BCUT2D eigenvalue weighted by Gasteiger charge is 2.41. The third kappa shape index (κ3) is 3.12. The topological polar surface area (TPSA) is 43.4 Å². The van der Waals surface area contributed by atoms with Crippen LogP contribution >= 0.6 is 0 Å². The summed E-state index contributed by atoms with van der Waals surface area (Å²) >= 11 is 0. The fourth-order valence-corrected chi connectivity index (χ4v) is 3.83. The quantitative estimate of drug-likeness (QED) is 0.536. The number of allylic oxidation sites excluding steroid dienone is 3. The van der Waals surface area contributed by atoms with Gasteiger partial charge in [-0.15, -0.1) is 0 Å². The zero-order valence-corrected chi connectivity index (χ0v) is 12.7. The van der Waals surface area contributed by atoms with E-state index in [4.69, 9.17) is 4.74 Å². The Labute approximate surface area is 126 Å². The van der Waals surface area contributed by atoms with Crippen molar-refractivity contribution in [1.29, 1.82) is 0 Å². The van der Waals surface area contributed by atoms with Crippen LogP contribution in [-0.4, -0.2) is 11.9 Å². The Hall–Kier alpha value is -1.38. The van der Waals surface area contributed by atoms with Gasteiger partial charge in [-0.3, -0.25) is 4.79 Å². The van der Waals surface area contributed by atoms with Crippen LogP contribution in [0.2, 0.25) is 0 Å². The van der Waals surface area contributed by atoms with E-state index < -0.39 is 0 Å². The van der Waals surface area contributed by atoms with E-state index in [0.717, 1.165) is 50.5 Å². The zero-order valence-electron chi connectivity index (χ0n) is 12.7. The van der Waals surface area contributed by atoms with Gasteiger partial charge in [0.1, 0.15) is 0 Å². The summed E-state index contributed by atoms with van der Waals surface area (Å²) in [5.41, 5.74) is 3.17. The van der Waals surface area contributed by atoms with Crippen LogP contribution < -0.4 is 0 Å². The molecule has 0 radical (unpaired) electrons. The van der Waals surface area contributed by atoms with E-state index in [9.17, 15) is 9.59 Å². The summed E-state index contributed by atoms with van der Waals surface area (Å²) in [6.07, 6.45) is 14.4. The van der Waals surface area contributed by atoms with Crippen molar-refractivity contribution in [3.8, 4) is 0 Å². The van der Waals surface area contributed by atoms with E-state index in [1.165, 1.54) is 31.3 Å². The van der Waals surface area contributed by atoms with E-state index in [1.807, 2.05) is 0 Å². The summed E-state index contributed by atoms with van der Waals surface area (Å²) in [6, 6.07) is 0. The molecular weight excluding hydrogens is 264 g/mol. The van der Waals surface area contributed by atoms with Crippen molar-refractivity contribution in [1.82, 2.24) is 0 Å². The first kappa shape index (κ1) is 14.6. The number of carbonyl (C=O) groups excluding carboxylic acids is 2. The fourth-order valence-electron chi connectivity index (χ4n) is 3.83. The molecule has 2 aliphatic carbocycles. The summed E-state index contributed by atoms with van der Waals surface area (Å²) in [7, 11) is 0. The second-order valence-electron chi connectivity index (χ2n) is 6.43. The summed E-state index contributed by atoms with van der Waals surface area (Å²) in [6.45, 7) is 0. The van der Waals surface area contributed by atoms with Gasteiger partial charge in [-0.1, -0.05) is 31.8 Å². The Morgan fingerprint density at radius 1 is 0.905 bits per heavy atom. The zero-order chi connectivity index (χ0) is 14.7. The molecule has 3 nitrogen and oxygen atoms in total. The number of hydrogen-bond acceptors (Lipinski definition) is 3. The second-order valence-corrected chi connectivity index (χ2v) is 6.43. The van der Waals surface area contributed by atoms with Crippen molar-refractivity contribution in [2.24, 2.45) is 5.92 Å². The lowest BCUT2D eigenvalue weighted by molar-refractivity contribution is -0.152. The monoisotopic (exact) mass is 288 g/mol. The van der Waals surface area contributed by atoms with Gasteiger partial charge < -0.3 is 4.74 Å². The molecule has 3 heteroatoms. The number of esters is 2. The molecule has 0 aromatic rings. The molecule has 0 spiro atoms. The first-order chi connectivity index (χ1) is 10.3. The van der Waals surface area contributed by atoms with Gasteiger partial charge in [0.2, 0.25) is 0 Å². The Bertz CT molecular complexity index is 499. The van der Waals surface area contributed by atoms with Gasteiger partial charge in [0.05, 0.1) is 11.5 Å². The normalized spacial score (nSPS) is 28.0. The van der Waals surface area contributed by atoms with Gasteiger partial charge in [-0.25, -0.2) is 4.79 Å². The van der Waals surface area contributed by atoms with Crippen molar-refractivity contribution in [3.05, 3.63) is 22.8 Å². The first-order valence-electron chi connectivity index (χ1n) is 8.46. The van der Waals surface area contributed by atoms with Crippen LogP contribution in [0.15, 0.2) is 22.8 Å². The van der Waals surface area contributed by atoms with Crippen LogP contribution in [0, 0.1) is 5.92 Å². The Morgan fingerprint density at radius 3 is 2.57 bits per heavy atom. The lowest BCUT2D eigenvalue weighted by Crippen LogP contribution is -2.14. The van der Waals surface area contributed by atoms with Crippen LogP contribution in [0.25, 0.3) is 0 Å². The molecule has 1 aliphatic heterocycles. The number of ether oxygens (including phenoxy) is 1. The number of cyclic esters (lactones) is 2. The van der Waals surface area contributed by atoms with Crippen LogP contribution in [0.4, 0.5) is 0 Å². The molecule has 0 aromatic carbocycles. The van der Waals surface area contributed by atoms with Crippen LogP contribution in [0.1, 0.15) is 70.6 Å². The fraction of sp³-hybridized carbons (Fsp3) is 0.667. The van der Waals surface area contributed by atoms with Gasteiger partial charge in [0.25, 0.3) is 0 Å². The minimum atomic E-state index is -0.371. The van der Waals surface area contributed by atoms with E-state index >= 15 is 0 Å². The molecule has 0 amide bonds. The van der Waals surface area contributed by atoms with E-state index in [0.29, 0.717) is 5.57 Å². The molecule has 0 aromatic heterocycles. The van der Waals surface area contributed by atoms with Gasteiger partial charge in [-0.2, -0.15) is 0 Å². The third-order valence-corrected chi connectivity index (χ3v) is 4.97. The molecule has 1 atom stereocenters. The SMILES string of the molecule is O=C1OC(=O)C2CCCCCC(C3=CCCCCCC3)=C12. The molecule has 21 heavy (non-hydrogen) atoms. The largest absolute Gasteiger partial charge is 0.389 e. The van der Waals surface area contributed by atoms with Gasteiger partial charge in [-0.05, 0) is 56.1 Å². The highest BCUT2D eigenvalue weighted by molar-refractivity contribution is 6.08. The Balaban J connectivity index is 1.99. The average Bonchev–Trinajstić information content (AvgIpc) is 2.65. The number of hydrogen-bond donors (Lipinski definition) is 0. The maximum Gasteiger partial charge on any atom is 0.342 e. The van der Waals surface area contributed by atoms with Crippen LogP contribution in [-0.2, 0) is 14.3 Å². The minimum Gasteiger partial charge on any atom is -0.389 e. The molecule has 0 bridgehead atoms. The highest BCUT2D eigenvalue weighted by Crippen LogP contribution is 2.38. The molecule has 1 fully saturated rings. The van der Waals surface area contributed by atoms with E-state index in [-0.39, 0.29) is 17.9 Å². The smallest absolute Gasteiger partial charge is 0.342 e. The lowest BCUT2D eigenvalue weighted by Gasteiger charge is -2.20. The number of rotatable bonds is 1. The maximum absolute atomic E-state index is 12.2. The predicted molar refractivity (Wildman–Crippen MR) is 80.5 cm³/mol. The molecule has 1 unspecified atom stereocenters. The summed E-state index contributed by atoms with van der Waals surface area (Å²) in [4.78, 5) is 24.1. The Kier molecular flexibility index (Phi) is 4.57. The van der Waals surface area contributed by atoms with E-state index in [2.05, 4.69) is 6.08 Å². The van der Waals surface area contributed by atoms with Crippen molar-refractivity contribution in [2.45, 2.75) is 70.6 Å². The summed E-state index contributed by atoms with van der Waals surface area (Å²) in [5.74, 6) is -0.982. The molecule has 114 valence electrons. The highest BCUT2D eigenvalue weighted by atomic mass is 16.6. The number of carbonyl (C=O) groups is 2. The predicted octanol–water partition coefficient (Wildman–Crippen LogP) is 4.23.